The van der Waals surface area contributed by atoms with Crippen LogP contribution in [-0.4, -0.2) is 36.2 Å². The Morgan fingerprint density at radius 1 is 1.20 bits per heavy atom. The lowest BCUT2D eigenvalue weighted by Gasteiger charge is -2.42. The van der Waals surface area contributed by atoms with Gasteiger partial charge in [-0.3, -0.25) is 4.79 Å². The number of ether oxygens (including phenoxy) is 1. The number of aliphatic hydroxyl groups excluding tert-OH is 1. The van der Waals surface area contributed by atoms with Gasteiger partial charge >= 0.3 is 5.97 Å². The number of esters is 1. The third kappa shape index (κ3) is 5.25. The monoisotopic (exact) mass is 431 g/mol. The molecule has 6 heteroatoms. The smallest absolute Gasteiger partial charge is 0.350 e. The number of aliphatic hydroxyl groups is 1. The molecule has 1 amide bonds. The van der Waals surface area contributed by atoms with Gasteiger partial charge in [0, 0.05) is 17.4 Å². The van der Waals surface area contributed by atoms with Crippen LogP contribution in [0.1, 0.15) is 80.8 Å². The summed E-state index contributed by atoms with van der Waals surface area (Å²) in [5.41, 5.74) is 0.424. The minimum Gasteiger partial charge on any atom is -0.465 e. The summed E-state index contributed by atoms with van der Waals surface area (Å²) in [5, 5.41) is 9.90. The van der Waals surface area contributed by atoms with E-state index in [1.165, 1.54) is 18.4 Å². The van der Waals surface area contributed by atoms with Crippen LogP contribution in [0.3, 0.4) is 0 Å². The van der Waals surface area contributed by atoms with Gasteiger partial charge in [-0.2, -0.15) is 0 Å². The van der Waals surface area contributed by atoms with Crippen molar-refractivity contribution in [2.45, 2.75) is 78.4 Å². The second-order valence-corrected chi connectivity index (χ2v) is 10.8. The summed E-state index contributed by atoms with van der Waals surface area (Å²) >= 11 is 1.27. The molecule has 3 rings (SSSR count). The molecule has 2 aliphatic carbocycles. The van der Waals surface area contributed by atoms with Gasteiger partial charge in [-0.15, -0.1) is 11.3 Å². The Bertz CT molecular complexity index is 843. The van der Waals surface area contributed by atoms with Crippen molar-refractivity contribution in [2.75, 3.05) is 12.0 Å². The van der Waals surface area contributed by atoms with Gasteiger partial charge in [-0.05, 0) is 71.3 Å². The molecule has 0 atom stereocenters. The minimum absolute atomic E-state index is 0.0338. The van der Waals surface area contributed by atoms with Crippen molar-refractivity contribution >= 4 is 28.9 Å². The predicted octanol–water partition coefficient (Wildman–Crippen LogP) is 4.61. The van der Waals surface area contributed by atoms with E-state index in [4.69, 9.17) is 4.74 Å². The molecule has 0 aromatic carbocycles. The maximum atomic E-state index is 13.6. The van der Waals surface area contributed by atoms with E-state index < -0.39 is 12.1 Å². The Morgan fingerprint density at radius 2 is 1.83 bits per heavy atom. The molecule has 1 aromatic heterocycles. The molecule has 0 saturated heterocycles. The molecule has 30 heavy (non-hydrogen) atoms. The van der Waals surface area contributed by atoms with Gasteiger partial charge in [0.15, 0.2) is 0 Å². The molecule has 2 aliphatic rings. The summed E-state index contributed by atoms with van der Waals surface area (Å²) in [6.07, 6.45) is 4.53. The summed E-state index contributed by atoms with van der Waals surface area (Å²) in [4.78, 5) is 29.1. The highest BCUT2D eigenvalue weighted by atomic mass is 32.1. The molecular formula is C24H33NO4S. The SMILES string of the molecule is COC(=O)c1sc(C#CC(C)(C)C)cc1N(C(=O)C1CCC(C)CC1)C1CC(O)C1. The van der Waals surface area contributed by atoms with Crippen LogP contribution in [-0.2, 0) is 9.53 Å². The normalized spacial score (nSPS) is 26.2. The number of hydrogen-bond donors (Lipinski definition) is 1. The lowest BCUT2D eigenvalue weighted by molar-refractivity contribution is -0.124. The third-order valence-electron chi connectivity index (χ3n) is 5.96. The molecule has 1 heterocycles. The van der Waals surface area contributed by atoms with Crippen LogP contribution in [0.2, 0.25) is 0 Å². The maximum absolute atomic E-state index is 13.6. The number of methoxy groups -OCH3 is 1. The Morgan fingerprint density at radius 3 is 2.37 bits per heavy atom. The molecule has 2 fully saturated rings. The van der Waals surface area contributed by atoms with Crippen LogP contribution in [0.5, 0.6) is 0 Å². The highest BCUT2D eigenvalue weighted by Crippen LogP contribution is 2.40. The summed E-state index contributed by atoms with van der Waals surface area (Å²) in [6, 6.07) is 1.76. The highest BCUT2D eigenvalue weighted by molar-refractivity contribution is 7.15. The summed E-state index contributed by atoms with van der Waals surface area (Å²) in [5.74, 6) is 6.60. The van der Waals surface area contributed by atoms with Gasteiger partial charge in [-0.1, -0.05) is 18.8 Å². The zero-order valence-corrected chi connectivity index (χ0v) is 19.5. The van der Waals surface area contributed by atoms with Crippen LogP contribution in [0.4, 0.5) is 5.69 Å². The molecule has 1 aromatic rings. The van der Waals surface area contributed by atoms with Crippen LogP contribution in [0.15, 0.2) is 6.07 Å². The first-order chi connectivity index (χ1) is 14.1. The Kier molecular flexibility index (Phi) is 6.94. The number of amides is 1. The molecular weight excluding hydrogens is 398 g/mol. The summed E-state index contributed by atoms with van der Waals surface area (Å²) < 4.78 is 5.01. The largest absolute Gasteiger partial charge is 0.465 e. The van der Waals surface area contributed by atoms with E-state index in [0.717, 1.165) is 30.6 Å². The van der Waals surface area contributed by atoms with Crippen molar-refractivity contribution in [2.24, 2.45) is 17.3 Å². The number of nitrogens with zero attached hydrogens (tertiary/aromatic N) is 1. The van der Waals surface area contributed by atoms with Gasteiger partial charge < -0.3 is 14.7 Å². The number of thiophene rings is 1. The van der Waals surface area contributed by atoms with Crippen molar-refractivity contribution < 1.29 is 19.4 Å². The molecule has 5 nitrogen and oxygen atoms in total. The van der Waals surface area contributed by atoms with Crippen molar-refractivity contribution in [3.05, 3.63) is 15.8 Å². The molecule has 0 aliphatic heterocycles. The summed E-state index contributed by atoms with van der Waals surface area (Å²) in [6.45, 7) is 8.33. The predicted molar refractivity (Wildman–Crippen MR) is 120 cm³/mol. The van der Waals surface area contributed by atoms with E-state index >= 15 is 0 Å². The topological polar surface area (TPSA) is 66.8 Å². The molecule has 0 bridgehead atoms. The number of carbonyl (C=O) groups excluding carboxylic acids is 2. The van der Waals surface area contributed by atoms with Crippen molar-refractivity contribution in [3.8, 4) is 11.8 Å². The van der Waals surface area contributed by atoms with Gasteiger partial charge in [0.25, 0.3) is 0 Å². The fourth-order valence-corrected chi connectivity index (χ4v) is 5.00. The zero-order valence-electron chi connectivity index (χ0n) is 18.7. The number of rotatable bonds is 4. The van der Waals surface area contributed by atoms with Crippen LogP contribution >= 0.6 is 11.3 Å². The highest BCUT2D eigenvalue weighted by Gasteiger charge is 2.41. The standard InChI is InChI=1S/C24H33NO4S/c1-15-6-8-16(9-7-15)22(27)25(17-12-18(26)13-17)20-14-19(10-11-24(2,3)4)30-21(20)23(28)29-5/h14-18,26H,6-9,12-13H2,1-5H3. The van der Waals surface area contributed by atoms with E-state index in [-0.39, 0.29) is 23.3 Å². The summed E-state index contributed by atoms with van der Waals surface area (Å²) in [7, 11) is 1.36. The first kappa shape index (κ1) is 22.8. The van der Waals surface area contributed by atoms with E-state index in [1.807, 2.05) is 26.8 Å². The Balaban J connectivity index is 1.99. The van der Waals surface area contributed by atoms with Crippen molar-refractivity contribution in [1.29, 1.82) is 0 Å². The molecule has 0 radical (unpaired) electrons. The van der Waals surface area contributed by atoms with Gasteiger partial charge in [-0.25, -0.2) is 4.79 Å². The van der Waals surface area contributed by atoms with E-state index in [9.17, 15) is 14.7 Å². The first-order valence-corrected chi connectivity index (χ1v) is 11.7. The van der Waals surface area contributed by atoms with Crippen molar-refractivity contribution in [1.82, 2.24) is 0 Å². The molecule has 2 saturated carbocycles. The van der Waals surface area contributed by atoms with Gasteiger partial charge in [0.1, 0.15) is 4.88 Å². The number of hydrogen-bond acceptors (Lipinski definition) is 5. The lowest BCUT2D eigenvalue weighted by Crippen LogP contribution is -2.52. The van der Waals surface area contributed by atoms with Gasteiger partial charge in [0.2, 0.25) is 5.91 Å². The third-order valence-corrected chi connectivity index (χ3v) is 6.98. The lowest BCUT2D eigenvalue weighted by atomic mass is 9.80. The second kappa shape index (κ2) is 9.11. The quantitative estimate of drug-likeness (QED) is 0.558. The van der Waals surface area contributed by atoms with Crippen LogP contribution in [0, 0.1) is 29.1 Å². The molecule has 0 unspecified atom stereocenters. The van der Waals surface area contributed by atoms with E-state index in [1.54, 1.807) is 4.90 Å². The average Bonchev–Trinajstić information content (AvgIpc) is 3.08. The van der Waals surface area contributed by atoms with Crippen molar-refractivity contribution in [3.63, 3.8) is 0 Å². The van der Waals surface area contributed by atoms with Gasteiger partial charge in [0.05, 0.1) is 23.8 Å². The molecule has 1 N–H and O–H groups in total. The second-order valence-electron chi connectivity index (χ2n) is 9.76. The maximum Gasteiger partial charge on any atom is 0.350 e. The minimum atomic E-state index is -0.450. The van der Waals surface area contributed by atoms with E-state index in [2.05, 4.69) is 18.8 Å². The Hall–Kier alpha value is -1.84. The average molecular weight is 432 g/mol. The number of anilines is 1. The first-order valence-electron chi connectivity index (χ1n) is 10.9. The van der Waals surface area contributed by atoms with E-state index in [0.29, 0.717) is 29.3 Å². The van der Waals surface area contributed by atoms with Crippen LogP contribution in [0.25, 0.3) is 0 Å². The molecule has 0 spiro atoms. The number of carbonyl (C=O) groups is 2. The Labute approximate surface area is 183 Å². The van der Waals surface area contributed by atoms with Crippen LogP contribution < -0.4 is 4.90 Å². The molecule has 164 valence electrons. The zero-order chi connectivity index (χ0) is 22.1. The fraction of sp³-hybridized carbons (Fsp3) is 0.667. The fourth-order valence-electron chi connectivity index (χ4n) is 4.08.